The number of nitrogens with two attached hydrogens (primary N) is 1. The van der Waals surface area contributed by atoms with Crippen molar-refractivity contribution in [2.75, 3.05) is 0 Å². The van der Waals surface area contributed by atoms with Crippen molar-refractivity contribution in [3.05, 3.63) is 28.5 Å². The van der Waals surface area contributed by atoms with E-state index in [1.54, 1.807) is 0 Å². The first-order chi connectivity index (χ1) is 8.75. The Labute approximate surface area is 120 Å². The first kappa shape index (κ1) is 15.6. The minimum absolute atomic E-state index is 0.0659. The summed E-state index contributed by atoms with van der Waals surface area (Å²) in [6, 6.07) is 4.00. The quantitative estimate of drug-likeness (QED) is 0.653. The van der Waals surface area contributed by atoms with Crippen LogP contribution in [0, 0.1) is 0 Å². The SMILES string of the molecule is CCCCCCCCCC(N)c1ncccc1Br. The molecule has 1 heterocycles. The maximum atomic E-state index is 6.17. The maximum Gasteiger partial charge on any atom is 0.0712 e. The van der Waals surface area contributed by atoms with Crippen molar-refractivity contribution in [1.29, 1.82) is 0 Å². The topological polar surface area (TPSA) is 38.9 Å². The lowest BCUT2D eigenvalue weighted by Gasteiger charge is -2.12. The molecule has 2 nitrogen and oxygen atoms in total. The van der Waals surface area contributed by atoms with Crippen LogP contribution in [0.1, 0.15) is 70.0 Å². The summed E-state index contributed by atoms with van der Waals surface area (Å²) in [5.41, 5.74) is 7.16. The first-order valence-corrected chi connectivity index (χ1v) is 7.91. The van der Waals surface area contributed by atoms with Gasteiger partial charge < -0.3 is 5.73 Å². The Hall–Kier alpha value is -0.410. The molecule has 3 heteroatoms. The summed E-state index contributed by atoms with van der Waals surface area (Å²) in [6.07, 6.45) is 12.1. The van der Waals surface area contributed by atoms with E-state index in [-0.39, 0.29) is 6.04 Å². The van der Waals surface area contributed by atoms with Gasteiger partial charge in [-0.3, -0.25) is 4.98 Å². The Kier molecular flexibility index (Phi) is 8.27. The summed E-state index contributed by atoms with van der Waals surface area (Å²) in [5, 5.41) is 0. The number of unbranched alkanes of at least 4 members (excludes halogenated alkanes) is 6. The van der Waals surface area contributed by atoms with Crippen LogP contribution in [0.2, 0.25) is 0 Å². The van der Waals surface area contributed by atoms with Crippen LogP contribution >= 0.6 is 15.9 Å². The van der Waals surface area contributed by atoms with Gasteiger partial charge in [-0.05, 0) is 34.5 Å². The largest absolute Gasteiger partial charge is 0.323 e. The predicted molar refractivity (Wildman–Crippen MR) is 81.5 cm³/mol. The van der Waals surface area contributed by atoms with Crippen molar-refractivity contribution in [3.8, 4) is 0 Å². The van der Waals surface area contributed by atoms with Crippen molar-refractivity contribution in [1.82, 2.24) is 4.98 Å². The minimum Gasteiger partial charge on any atom is -0.323 e. The van der Waals surface area contributed by atoms with Gasteiger partial charge in [-0.25, -0.2) is 0 Å². The third-order valence-corrected chi connectivity index (χ3v) is 3.93. The second kappa shape index (κ2) is 9.51. The van der Waals surface area contributed by atoms with E-state index in [0.717, 1.165) is 16.6 Å². The van der Waals surface area contributed by atoms with Crippen molar-refractivity contribution in [3.63, 3.8) is 0 Å². The molecule has 2 N–H and O–H groups in total. The van der Waals surface area contributed by atoms with Gasteiger partial charge in [-0.15, -0.1) is 0 Å². The molecule has 0 amide bonds. The lowest BCUT2D eigenvalue weighted by atomic mass is 10.0. The number of pyridine rings is 1. The first-order valence-electron chi connectivity index (χ1n) is 7.11. The average molecular weight is 313 g/mol. The molecule has 0 bridgehead atoms. The van der Waals surface area contributed by atoms with Gasteiger partial charge in [0.2, 0.25) is 0 Å². The third kappa shape index (κ3) is 5.96. The van der Waals surface area contributed by atoms with E-state index in [4.69, 9.17) is 5.73 Å². The van der Waals surface area contributed by atoms with E-state index in [9.17, 15) is 0 Å². The highest BCUT2D eigenvalue weighted by Gasteiger charge is 2.10. The van der Waals surface area contributed by atoms with E-state index in [0.29, 0.717) is 0 Å². The van der Waals surface area contributed by atoms with Gasteiger partial charge in [-0.2, -0.15) is 0 Å². The molecule has 0 aliphatic rings. The lowest BCUT2D eigenvalue weighted by molar-refractivity contribution is 0.534. The van der Waals surface area contributed by atoms with Crippen LogP contribution < -0.4 is 5.73 Å². The Bertz CT molecular complexity index is 328. The number of halogens is 1. The van der Waals surface area contributed by atoms with Gasteiger partial charge in [0.1, 0.15) is 0 Å². The van der Waals surface area contributed by atoms with Gasteiger partial charge in [0.15, 0.2) is 0 Å². The van der Waals surface area contributed by atoms with E-state index in [2.05, 4.69) is 27.8 Å². The Morgan fingerprint density at radius 1 is 1.17 bits per heavy atom. The van der Waals surface area contributed by atoms with E-state index in [1.165, 1.54) is 44.9 Å². The van der Waals surface area contributed by atoms with Gasteiger partial charge in [0, 0.05) is 16.7 Å². The molecule has 1 rings (SSSR count). The molecule has 1 aromatic heterocycles. The molecule has 0 spiro atoms. The molecule has 1 aromatic rings. The fourth-order valence-corrected chi connectivity index (χ4v) is 2.68. The zero-order chi connectivity index (χ0) is 13.2. The molecule has 1 atom stereocenters. The second-order valence-corrected chi connectivity index (χ2v) is 5.74. The van der Waals surface area contributed by atoms with Crippen molar-refractivity contribution in [2.24, 2.45) is 5.73 Å². The molecule has 0 saturated heterocycles. The molecule has 0 saturated carbocycles. The van der Waals surface area contributed by atoms with E-state index >= 15 is 0 Å². The molecule has 18 heavy (non-hydrogen) atoms. The molecule has 102 valence electrons. The normalized spacial score (nSPS) is 12.6. The van der Waals surface area contributed by atoms with Crippen molar-refractivity contribution >= 4 is 15.9 Å². The van der Waals surface area contributed by atoms with Crippen LogP contribution in [0.15, 0.2) is 22.8 Å². The Balaban J connectivity index is 2.14. The number of nitrogens with zero attached hydrogens (tertiary/aromatic N) is 1. The molecular weight excluding hydrogens is 288 g/mol. The molecular formula is C15H25BrN2. The van der Waals surface area contributed by atoms with Crippen LogP contribution in [-0.4, -0.2) is 4.98 Å². The zero-order valence-electron chi connectivity index (χ0n) is 11.4. The lowest BCUT2D eigenvalue weighted by Crippen LogP contribution is -2.12. The second-order valence-electron chi connectivity index (χ2n) is 4.89. The summed E-state index contributed by atoms with van der Waals surface area (Å²) in [4.78, 5) is 4.35. The number of aromatic nitrogens is 1. The van der Waals surface area contributed by atoms with E-state index < -0.39 is 0 Å². The Morgan fingerprint density at radius 2 is 1.83 bits per heavy atom. The number of hydrogen-bond acceptors (Lipinski definition) is 2. The summed E-state index contributed by atoms with van der Waals surface area (Å²) >= 11 is 3.51. The third-order valence-electron chi connectivity index (χ3n) is 3.26. The standard InChI is InChI=1S/C15H25BrN2/c1-2-3-4-5-6-7-8-11-14(17)15-13(16)10-9-12-18-15/h9-10,12,14H,2-8,11,17H2,1H3. The monoisotopic (exact) mass is 312 g/mol. The fourth-order valence-electron chi connectivity index (χ4n) is 2.13. The summed E-state index contributed by atoms with van der Waals surface area (Å²) in [5.74, 6) is 0. The molecule has 0 aliphatic carbocycles. The summed E-state index contributed by atoms with van der Waals surface area (Å²) < 4.78 is 1.03. The number of hydrogen-bond donors (Lipinski definition) is 1. The van der Waals surface area contributed by atoms with Gasteiger partial charge in [-0.1, -0.05) is 51.9 Å². The van der Waals surface area contributed by atoms with Gasteiger partial charge in [0.05, 0.1) is 5.69 Å². The number of rotatable bonds is 9. The molecule has 0 aliphatic heterocycles. The molecule has 0 aromatic carbocycles. The minimum atomic E-state index is 0.0659. The zero-order valence-corrected chi connectivity index (χ0v) is 13.0. The van der Waals surface area contributed by atoms with Gasteiger partial charge >= 0.3 is 0 Å². The average Bonchev–Trinajstić information content (AvgIpc) is 2.38. The fraction of sp³-hybridized carbons (Fsp3) is 0.667. The van der Waals surface area contributed by atoms with Gasteiger partial charge in [0.25, 0.3) is 0 Å². The van der Waals surface area contributed by atoms with Crippen LogP contribution in [0.5, 0.6) is 0 Å². The van der Waals surface area contributed by atoms with Crippen LogP contribution in [0.25, 0.3) is 0 Å². The van der Waals surface area contributed by atoms with Crippen molar-refractivity contribution < 1.29 is 0 Å². The molecule has 0 radical (unpaired) electrons. The summed E-state index contributed by atoms with van der Waals surface area (Å²) in [7, 11) is 0. The van der Waals surface area contributed by atoms with Crippen LogP contribution in [0.3, 0.4) is 0 Å². The highest BCUT2D eigenvalue weighted by atomic mass is 79.9. The highest BCUT2D eigenvalue weighted by Crippen LogP contribution is 2.23. The molecule has 0 fully saturated rings. The summed E-state index contributed by atoms with van der Waals surface area (Å²) in [6.45, 7) is 2.25. The van der Waals surface area contributed by atoms with Crippen molar-refractivity contribution in [2.45, 2.75) is 64.3 Å². The van der Waals surface area contributed by atoms with Crippen LogP contribution in [-0.2, 0) is 0 Å². The van der Waals surface area contributed by atoms with E-state index in [1.807, 2.05) is 18.3 Å². The smallest absolute Gasteiger partial charge is 0.0712 e. The predicted octanol–water partition coefficient (Wildman–Crippen LogP) is 4.98. The highest BCUT2D eigenvalue weighted by molar-refractivity contribution is 9.10. The maximum absolute atomic E-state index is 6.17. The Morgan fingerprint density at radius 3 is 2.50 bits per heavy atom. The molecule has 1 unspecified atom stereocenters. The van der Waals surface area contributed by atoms with Crippen LogP contribution in [0.4, 0.5) is 0 Å².